The third kappa shape index (κ3) is 6.29. The van der Waals surface area contributed by atoms with Gasteiger partial charge >= 0.3 is 0 Å². The van der Waals surface area contributed by atoms with E-state index >= 15 is 0 Å². The van der Waals surface area contributed by atoms with Crippen LogP contribution in [-0.4, -0.2) is 9.97 Å². The number of aryl methyl sites for hydroxylation is 3. The second-order valence-electron chi connectivity index (χ2n) is 13.2. The number of nitrogens with zero attached hydrogens (tertiary/aromatic N) is 2. The first-order chi connectivity index (χ1) is 24.4. The van der Waals surface area contributed by atoms with E-state index in [2.05, 4.69) is 105 Å². The second kappa shape index (κ2) is 14.1. The van der Waals surface area contributed by atoms with E-state index in [1.165, 1.54) is 22.3 Å². The van der Waals surface area contributed by atoms with Crippen LogP contribution in [0.15, 0.2) is 130 Å². The van der Waals surface area contributed by atoms with Crippen LogP contribution >= 0.6 is 0 Å². The van der Waals surface area contributed by atoms with E-state index in [9.17, 15) is 0 Å². The largest absolute Gasteiger partial charge is 0.455 e. The van der Waals surface area contributed by atoms with Crippen molar-refractivity contribution in [2.24, 2.45) is 0 Å². The van der Waals surface area contributed by atoms with Crippen LogP contribution in [0, 0.1) is 32.9 Å². The van der Waals surface area contributed by atoms with Gasteiger partial charge in [0, 0.05) is 54.0 Å². The van der Waals surface area contributed by atoms with Gasteiger partial charge in [0.1, 0.15) is 22.3 Å². The Hall–Kier alpha value is -5.35. The standard InChI is InChI=1S/C32H22NO2.C14H14N.Ir/c1-19(2)27-29-22-12-6-8-14-25(22)34-31(29)28(32-30(27)23-13-7-9-15-26(23)35-32)21-16-17-33-24(18-21)20-10-4-3-5-11-20;1-10-4-6-13(7-5-10)14-8-11(2)12(3)9-15-14;/h3-10,12-19H,1-2H3;4-6,8-9H,1-3H3;/q2*-1;. The number of hydrogen-bond donors (Lipinski definition) is 0. The Labute approximate surface area is 311 Å². The molecule has 0 fully saturated rings. The number of para-hydroxylation sites is 2. The second-order valence-corrected chi connectivity index (χ2v) is 13.2. The van der Waals surface area contributed by atoms with Crippen molar-refractivity contribution in [3.05, 3.63) is 156 Å². The summed E-state index contributed by atoms with van der Waals surface area (Å²) in [5.74, 6) is 0.281. The number of hydrogen-bond acceptors (Lipinski definition) is 4. The number of furan rings is 2. The van der Waals surface area contributed by atoms with Crippen molar-refractivity contribution in [2.45, 2.75) is 40.5 Å². The van der Waals surface area contributed by atoms with Crippen LogP contribution in [0.1, 0.15) is 42.0 Å². The molecule has 0 spiro atoms. The van der Waals surface area contributed by atoms with E-state index < -0.39 is 0 Å². The molecule has 4 heterocycles. The first-order valence-electron chi connectivity index (χ1n) is 17.0. The van der Waals surface area contributed by atoms with Gasteiger partial charge in [0.2, 0.25) is 0 Å². The fourth-order valence-electron chi connectivity index (χ4n) is 6.77. The maximum atomic E-state index is 6.59. The monoisotopic (exact) mass is 841 g/mol. The van der Waals surface area contributed by atoms with Crippen molar-refractivity contribution in [2.75, 3.05) is 0 Å². The zero-order valence-electron chi connectivity index (χ0n) is 29.2. The SMILES string of the molecule is CC(C)c1c2c(oc3ccccc32)c(-c2ccnc(-c3[c-]cccc3)c2)c2oc3ccccc3c12.Cc1c[c-]c(-c2cc(C)c(C)cn2)cc1.[Ir]. The van der Waals surface area contributed by atoms with Crippen molar-refractivity contribution >= 4 is 43.9 Å². The minimum atomic E-state index is 0. The Morgan fingerprint density at radius 1 is 0.627 bits per heavy atom. The molecule has 253 valence electrons. The normalized spacial score (nSPS) is 11.3. The van der Waals surface area contributed by atoms with Crippen molar-refractivity contribution in [1.82, 2.24) is 9.97 Å². The van der Waals surface area contributed by atoms with Crippen LogP contribution in [-0.2, 0) is 20.1 Å². The van der Waals surface area contributed by atoms with Gasteiger partial charge in [0.05, 0.1) is 5.56 Å². The first kappa shape index (κ1) is 34.1. The van der Waals surface area contributed by atoms with Crippen LogP contribution in [0.4, 0.5) is 0 Å². The van der Waals surface area contributed by atoms with Gasteiger partial charge in [-0.3, -0.25) is 0 Å². The summed E-state index contributed by atoms with van der Waals surface area (Å²) in [7, 11) is 0. The third-order valence-electron chi connectivity index (χ3n) is 9.41. The molecule has 0 saturated heterocycles. The van der Waals surface area contributed by atoms with E-state index in [4.69, 9.17) is 8.83 Å². The summed E-state index contributed by atoms with van der Waals surface area (Å²) in [5.41, 5.74) is 14.3. The maximum absolute atomic E-state index is 6.59. The molecule has 0 unspecified atom stereocenters. The van der Waals surface area contributed by atoms with Gasteiger partial charge in [-0.1, -0.05) is 74.9 Å². The van der Waals surface area contributed by atoms with Gasteiger partial charge in [-0.15, -0.1) is 71.3 Å². The van der Waals surface area contributed by atoms with Gasteiger partial charge in [0.25, 0.3) is 0 Å². The number of rotatable bonds is 4. The van der Waals surface area contributed by atoms with Crippen LogP contribution in [0.3, 0.4) is 0 Å². The Morgan fingerprint density at radius 2 is 1.25 bits per heavy atom. The smallest absolute Gasteiger partial charge is 0.147 e. The fraction of sp³-hybridized carbons (Fsp3) is 0.130. The molecule has 0 aliphatic carbocycles. The average molecular weight is 841 g/mol. The average Bonchev–Trinajstić information content (AvgIpc) is 3.71. The van der Waals surface area contributed by atoms with Crippen LogP contribution < -0.4 is 0 Å². The van der Waals surface area contributed by atoms with Gasteiger partial charge < -0.3 is 18.8 Å². The molecular formula is C46H36IrN2O2-2. The molecule has 0 aliphatic rings. The minimum Gasteiger partial charge on any atom is -0.455 e. The molecule has 0 aliphatic heterocycles. The number of pyridine rings is 2. The van der Waals surface area contributed by atoms with E-state index in [0.717, 1.165) is 77.5 Å². The maximum Gasteiger partial charge on any atom is 0.147 e. The molecule has 0 atom stereocenters. The molecule has 9 aromatic rings. The summed E-state index contributed by atoms with van der Waals surface area (Å²) in [6.45, 7) is 10.7. The van der Waals surface area contributed by atoms with Crippen molar-refractivity contribution in [3.63, 3.8) is 0 Å². The topological polar surface area (TPSA) is 52.1 Å². The first-order valence-corrected chi connectivity index (χ1v) is 17.0. The Morgan fingerprint density at radius 3 is 1.84 bits per heavy atom. The molecule has 0 bridgehead atoms. The van der Waals surface area contributed by atoms with Gasteiger partial charge in [-0.05, 0) is 66.0 Å². The Kier molecular flexibility index (Phi) is 9.44. The summed E-state index contributed by atoms with van der Waals surface area (Å²) in [5, 5.41) is 4.58. The number of fused-ring (bicyclic) bond motifs is 6. The van der Waals surface area contributed by atoms with Crippen molar-refractivity contribution in [3.8, 4) is 33.6 Å². The summed E-state index contributed by atoms with van der Waals surface area (Å²) < 4.78 is 13.2. The molecule has 0 N–H and O–H groups in total. The molecule has 1 radical (unpaired) electrons. The zero-order valence-corrected chi connectivity index (χ0v) is 31.6. The Balaban J connectivity index is 0.000000214. The minimum absolute atomic E-state index is 0. The molecule has 51 heavy (non-hydrogen) atoms. The van der Waals surface area contributed by atoms with Crippen molar-refractivity contribution < 1.29 is 28.9 Å². The van der Waals surface area contributed by atoms with Gasteiger partial charge in [-0.25, -0.2) is 0 Å². The predicted octanol–water partition coefficient (Wildman–Crippen LogP) is 12.6. The molecule has 0 saturated carbocycles. The zero-order chi connectivity index (χ0) is 34.4. The van der Waals surface area contributed by atoms with Crippen LogP contribution in [0.2, 0.25) is 0 Å². The van der Waals surface area contributed by atoms with Crippen molar-refractivity contribution in [1.29, 1.82) is 0 Å². The summed E-state index contributed by atoms with van der Waals surface area (Å²) in [6.07, 6.45) is 3.77. The molecule has 0 amide bonds. The number of benzene rings is 5. The molecular weight excluding hydrogens is 805 g/mol. The van der Waals surface area contributed by atoms with E-state index in [-0.39, 0.29) is 26.0 Å². The van der Waals surface area contributed by atoms with E-state index in [1.807, 2.05) is 73.1 Å². The molecule has 5 aromatic carbocycles. The molecule has 4 nitrogen and oxygen atoms in total. The van der Waals surface area contributed by atoms with Gasteiger partial charge in [-0.2, -0.15) is 0 Å². The third-order valence-corrected chi connectivity index (χ3v) is 9.41. The van der Waals surface area contributed by atoms with Gasteiger partial charge in [0.15, 0.2) is 0 Å². The molecule has 5 heteroatoms. The van der Waals surface area contributed by atoms with Crippen LogP contribution in [0.5, 0.6) is 0 Å². The summed E-state index contributed by atoms with van der Waals surface area (Å²) in [4.78, 5) is 9.04. The number of aromatic nitrogens is 2. The predicted molar refractivity (Wildman–Crippen MR) is 205 cm³/mol. The molecule has 4 aromatic heterocycles. The molecule has 9 rings (SSSR count). The van der Waals surface area contributed by atoms with E-state index in [1.54, 1.807) is 0 Å². The Bertz CT molecular complexity index is 2560. The fourth-order valence-corrected chi connectivity index (χ4v) is 6.77. The quantitative estimate of drug-likeness (QED) is 0.166. The summed E-state index contributed by atoms with van der Waals surface area (Å²) >= 11 is 0. The summed E-state index contributed by atoms with van der Waals surface area (Å²) in [6, 6.07) is 43.4. The van der Waals surface area contributed by atoms with E-state index in [0.29, 0.717) is 0 Å². The van der Waals surface area contributed by atoms with Crippen LogP contribution in [0.25, 0.3) is 77.5 Å².